The quantitative estimate of drug-likeness (QED) is 0.606. The lowest BCUT2D eigenvalue weighted by Gasteiger charge is -2.15. The third-order valence-electron chi connectivity index (χ3n) is 2.49. The number of hydrogen-bond donors (Lipinski definition) is 2. The molecule has 1 aromatic heterocycles. The van der Waals surface area contributed by atoms with E-state index in [1.807, 2.05) is 6.92 Å². The molecule has 90 valence electrons. The van der Waals surface area contributed by atoms with Crippen molar-refractivity contribution in [3.8, 4) is 0 Å². The lowest BCUT2D eigenvalue weighted by atomic mass is 10.0. The molecule has 0 aromatic carbocycles. The molecule has 0 bridgehead atoms. The summed E-state index contributed by atoms with van der Waals surface area (Å²) in [6, 6.07) is 0. The fraction of sp³-hybridized carbons (Fsp3) is 0.667. The average molecular weight is 222 g/mol. The van der Waals surface area contributed by atoms with E-state index in [1.54, 1.807) is 0 Å². The molecule has 1 rings (SSSR count). The van der Waals surface area contributed by atoms with Crippen molar-refractivity contribution >= 4 is 5.82 Å². The van der Waals surface area contributed by atoms with Crippen LogP contribution >= 0.6 is 0 Å². The highest BCUT2D eigenvalue weighted by Gasteiger charge is 2.14. The van der Waals surface area contributed by atoms with Crippen LogP contribution in [-0.2, 0) is 6.42 Å². The van der Waals surface area contributed by atoms with E-state index < -0.39 is 0 Å². The van der Waals surface area contributed by atoms with Crippen molar-refractivity contribution in [3.05, 3.63) is 17.1 Å². The number of nitrogen functional groups attached to an aromatic ring is 1. The zero-order chi connectivity index (χ0) is 12.3. The molecule has 0 atom stereocenters. The molecule has 0 radical (unpaired) electrons. The number of hydrogen-bond acceptors (Lipinski definition) is 4. The lowest BCUT2D eigenvalue weighted by Crippen LogP contribution is -2.16. The molecule has 0 spiro atoms. The van der Waals surface area contributed by atoms with Crippen LogP contribution in [0.15, 0.2) is 0 Å². The fourth-order valence-electron chi connectivity index (χ4n) is 1.90. The van der Waals surface area contributed by atoms with Crippen molar-refractivity contribution in [2.24, 2.45) is 11.8 Å². The van der Waals surface area contributed by atoms with E-state index in [2.05, 4.69) is 43.1 Å². The largest absolute Gasteiger partial charge is 0.308 e. The molecule has 0 aliphatic heterocycles. The number of aromatic nitrogens is 2. The second kappa shape index (κ2) is 5.25. The van der Waals surface area contributed by atoms with Crippen molar-refractivity contribution in [2.75, 3.05) is 5.43 Å². The maximum atomic E-state index is 5.52. The Bertz CT molecular complexity index is 358. The summed E-state index contributed by atoms with van der Waals surface area (Å²) in [7, 11) is 0. The van der Waals surface area contributed by atoms with Gasteiger partial charge in [-0.2, -0.15) is 0 Å². The highest BCUT2D eigenvalue weighted by molar-refractivity contribution is 5.47. The van der Waals surface area contributed by atoms with Gasteiger partial charge >= 0.3 is 0 Å². The summed E-state index contributed by atoms with van der Waals surface area (Å²) < 4.78 is 0. The molecule has 0 aliphatic rings. The number of rotatable bonds is 4. The molecule has 0 saturated heterocycles. The monoisotopic (exact) mass is 222 g/mol. The van der Waals surface area contributed by atoms with Crippen LogP contribution in [-0.4, -0.2) is 9.97 Å². The highest BCUT2D eigenvalue weighted by atomic mass is 15.3. The molecule has 0 unspecified atom stereocenters. The number of aryl methyl sites for hydroxylation is 1. The predicted octanol–water partition coefficient (Wildman–Crippen LogP) is 2.39. The van der Waals surface area contributed by atoms with Crippen molar-refractivity contribution in [2.45, 2.75) is 47.0 Å². The Morgan fingerprint density at radius 1 is 1.19 bits per heavy atom. The number of nitrogens with two attached hydrogens (primary N) is 1. The molecule has 16 heavy (non-hydrogen) atoms. The van der Waals surface area contributed by atoms with Gasteiger partial charge in [-0.25, -0.2) is 15.8 Å². The van der Waals surface area contributed by atoms with E-state index in [9.17, 15) is 0 Å². The van der Waals surface area contributed by atoms with Gasteiger partial charge in [-0.3, -0.25) is 0 Å². The van der Waals surface area contributed by atoms with Gasteiger partial charge in [0.05, 0.1) is 0 Å². The van der Waals surface area contributed by atoms with Gasteiger partial charge in [0, 0.05) is 17.7 Å². The second-order valence-corrected chi connectivity index (χ2v) is 4.88. The van der Waals surface area contributed by atoms with Gasteiger partial charge in [-0.1, -0.05) is 27.7 Å². The van der Waals surface area contributed by atoms with Crippen LogP contribution in [0, 0.1) is 12.8 Å². The van der Waals surface area contributed by atoms with Crippen molar-refractivity contribution in [1.82, 2.24) is 9.97 Å². The molecule has 3 N–H and O–H groups in total. The van der Waals surface area contributed by atoms with E-state index in [1.165, 1.54) is 0 Å². The Labute approximate surface area is 97.7 Å². The Morgan fingerprint density at radius 3 is 2.25 bits per heavy atom. The summed E-state index contributed by atoms with van der Waals surface area (Å²) in [5, 5.41) is 0. The second-order valence-electron chi connectivity index (χ2n) is 4.88. The first-order valence-corrected chi connectivity index (χ1v) is 5.79. The van der Waals surface area contributed by atoms with Gasteiger partial charge in [0.15, 0.2) is 0 Å². The zero-order valence-corrected chi connectivity index (χ0v) is 10.8. The average Bonchev–Trinajstić information content (AvgIpc) is 2.14. The molecular weight excluding hydrogens is 200 g/mol. The van der Waals surface area contributed by atoms with Crippen LogP contribution in [0.5, 0.6) is 0 Å². The van der Waals surface area contributed by atoms with Crippen molar-refractivity contribution in [1.29, 1.82) is 0 Å². The minimum atomic E-state index is 0.374. The SMILES string of the molecule is Cc1nc(CC(C)C)nc(NN)c1C(C)C. The molecule has 1 aromatic rings. The van der Waals surface area contributed by atoms with Crippen LogP contribution in [0.4, 0.5) is 5.82 Å². The summed E-state index contributed by atoms with van der Waals surface area (Å²) in [6.45, 7) is 10.6. The standard InChI is InChI=1S/C12H22N4/c1-7(2)6-10-14-9(5)11(8(3)4)12(15-10)16-13/h7-8H,6,13H2,1-5H3,(H,14,15,16). The highest BCUT2D eigenvalue weighted by Crippen LogP contribution is 2.24. The van der Waals surface area contributed by atoms with Crippen molar-refractivity contribution in [3.63, 3.8) is 0 Å². The van der Waals surface area contributed by atoms with Crippen LogP contribution < -0.4 is 11.3 Å². The summed E-state index contributed by atoms with van der Waals surface area (Å²) in [6.07, 6.45) is 0.883. The first-order valence-electron chi connectivity index (χ1n) is 5.79. The Morgan fingerprint density at radius 2 is 1.81 bits per heavy atom. The topological polar surface area (TPSA) is 63.8 Å². The van der Waals surface area contributed by atoms with Gasteiger partial charge in [0.2, 0.25) is 0 Å². The summed E-state index contributed by atoms with van der Waals surface area (Å²) >= 11 is 0. The molecule has 4 heteroatoms. The maximum absolute atomic E-state index is 5.52. The summed E-state index contributed by atoms with van der Waals surface area (Å²) in [4.78, 5) is 9.00. The maximum Gasteiger partial charge on any atom is 0.147 e. The number of hydrazine groups is 1. The van der Waals surface area contributed by atoms with Crippen molar-refractivity contribution < 1.29 is 0 Å². The van der Waals surface area contributed by atoms with Gasteiger partial charge in [-0.15, -0.1) is 0 Å². The van der Waals surface area contributed by atoms with Gasteiger partial charge in [0.1, 0.15) is 11.6 Å². The van der Waals surface area contributed by atoms with Gasteiger partial charge < -0.3 is 5.43 Å². The zero-order valence-electron chi connectivity index (χ0n) is 10.8. The third-order valence-corrected chi connectivity index (χ3v) is 2.49. The molecule has 4 nitrogen and oxygen atoms in total. The van der Waals surface area contributed by atoms with Crippen LogP contribution in [0.2, 0.25) is 0 Å². The Kier molecular flexibility index (Phi) is 4.24. The van der Waals surface area contributed by atoms with E-state index in [0.717, 1.165) is 29.3 Å². The molecule has 1 heterocycles. The first-order chi connectivity index (χ1) is 7.45. The Hall–Kier alpha value is -1.16. The molecule has 0 fully saturated rings. The van der Waals surface area contributed by atoms with Crippen LogP contribution in [0.1, 0.15) is 50.7 Å². The molecule has 0 aliphatic carbocycles. The molecular formula is C12H22N4. The van der Waals surface area contributed by atoms with E-state index in [-0.39, 0.29) is 0 Å². The normalized spacial score (nSPS) is 11.2. The number of anilines is 1. The molecule has 0 saturated carbocycles. The smallest absolute Gasteiger partial charge is 0.147 e. The number of nitrogens with one attached hydrogen (secondary N) is 1. The van der Waals surface area contributed by atoms with Crippen LogP contribution in [0.3, 0.4) is 0 Å². The van der Waals surface area contributed by atoms with E-state index in [4.69, 9.17) is 5.84 Å². The van der Waals surface area contributed by atoms with Gasteiger partial charge in [-0.05, 0) is 18.8 Å². The predicted molar refractivity (Wildman–Crippen MR) is 67.2 cm³/mol. The summed E-state index contributed by atoms with van der Waals surface area (Å²) in [5.41, 5.74) is 4.81. The lowest BCUT2D eigenvalue weighted by molar-refractivity contribution is 0.617. The minimum Gasteiger partial charge on any atom is -0.308 e. The number of nitrogens with zero attached hydrogens (tertiary/aromatic N) is 2. The first kappa shape index (κ1) is 12.9. The van der Waals surface area contributed by atoms with Crippen LogP contribution in [0.25, 0.3) is 0 Å². The van der Waals surface area contributed by atoms with E-state index >= 15 is 0 Å². The fourth-order valence-corrected chi connectivity index (χ4v) is 1.90. The third kappa shape index (κ3) is 2.92. The minimum absolute atomic E-state index is 0.374. The van der Waals surface area contributed by atoms with Gasteiger partial charge in [0.25, 0.3) is 0 Å². The van der Waals surface area contributed by atoms with E-state index in [0.29, 0.717) is 11.8 Å². The molecule has 0 amide bonds. The Balaban J connectivity index is 3.16. The summed E-state index contributed by atoms with van der Waals surface area (Å²) in [5.74, 6) is 8.07.